The van der Waals surface area contributed by atoms with Gasteiger partial charge in [-0.2, -0.15) is 0 Å². The van der Waals surface area contributed by atoms with Gasteiger partial charge in [-0.1, -0.05) is 25.1 Å². The Morgan fingerprint density at radius 2 is 2.21 bits per heavy atom. The van der Waals surface area contributed by atoms with Gasteiger partial charge in [0, 0.05) is 49.9 Å². The predicted molar refractivity (Wildman–Crippen MR) is 110 cm³/mol. The van der Waals surface area contributed by atoms with Crippen molar-refractivity contribution < 1.29 is 9.53 Å². The van der Waals surface area contributed by atoms with Crippen LogP contribution in [0.1, 0.15) is 38.2 Å². The minimum Gasteiger partial charge on any atom is -0.376 e. The Morgan fingerprint density at radius 1 is 1.32 bits per heavy atom. The molecule has 3 atom stereocenters. The first-order valence-electron chi connectivity index (χ1n) is 10.6. The van der Waals surface area contributed by atoms with Crippen LogP contribution in [0.25, 0.3) is 0 Å². The van der Waals surface area contributed by atoms with E-state index >= 15 is 0 Å². The van der Waals surface area contributed by atoms with Gasteiger partial charge in [-0.25, -0.2) is 0 Å². The van der Waals surface area contributed by atoms with Gasteiger partial charge in [0.2, 0.25) is 5.91 Å². The zero-order chi connectivity index (χ0) is 19.6. The maximum atomic E-state index is 13.3. The molecule has 3 aliphatic rings. The highest BCUT2D eigenvalue weighted by molar-refractivity contribution is 5.83. The van der Waals surface area contributed by atoms with Crippen molar-refractivity contribution in [3.63, 3.8) is 0 Å². The third kappa shape index (κ3) is 3.87. The second-order valence-electron chi connectivity index (χ2n) is 9.38. The molecule has 2 fully saturated rings. The molecule has 4 rings (SSSR count). The molecule has 1 aliphatic carbocycles. The first-order chi connectivity index (χ1) is 13.5. The number of carbonyl (C=O) groups is 1. The number of amides is 1. The van der Waals surface area contributed by atoms with Crippen LogP contribution < -0.4 is 0 Å². The van der Waals surface area contributed by atoms with Crippen LogP contribution in [0.2, 0.25) is 0 Å². The highest BCUT2D eigenvalue weighted by atomic mass is 16.5. The molecule has 28 heavy (non-hydrogen) atoms. The van der Waals surface area contributed by atoms with Crippen molar-refractivity contribution in [3.05, 3.63) is 42.2 Å². The summed E-state index contributed by atoms with van der Waals surface area (Å²) in [5, 5.41) is 0. The molecule has 2 saturated heterocycles. The average molecular weight is 384 g/mol. The summed E-state index contributed by atoms with van der Waals surface area (Å²) in [4.78, 5) is 22.0. The molecular weight excluding hydrogens is 350 g/mol. The molecule has 0 saturated carbocycles. The van der Waals surface area contributed by atoms with Crippen LogP contribution in [0.3, 0.4) is 0 Å². The number of pyridine rings is 1. The smallest absolute Gasteiger partial charge is 0.228 e. The van der Waals surface area contributed by atoms with Gasteiger partial charge in [0.1, 0.15) is 0 Å². The summed E-state index contributed by atoms with van der Waals surface area (Å²) in [7, 11) is 2.20. The van der Waals surface area contributed by atoms with Gasteiger partial charge in [0.15, 0.2) is 0 Å². The number of carbonyl (C=O) groups excluding carboxylic acids is 1. The standard InChI is InChI=1S/C23H33N3O2/c1-22(8-4-3-5-9-22)21(27)26-12-10-23(18-26)17-25(2)14-20(23)16-28-15-19-7-6-11-24-13-19/h3-4,6-7,11,13,20H,5,8-10,12,14-18H2,1-2H3/t20-,22?,23+/m0/s1. The maximum absolute atomic E-state index is 13.3. The van der Waals surface area contributed by atoms with Crippen LogP contribution >= 0.6 is 0 Å². The van der Waals surface area contributed by atoms with Crippen LogP contribution in [0.15, 0.2) is 36.7 Å². The fourth-order valence-corrected chi connectivity index (χ4v) is 5.41. The Morgan fingerprint density at radius 3 is 2.96 bits per heavy atom. The fourth-order valence-electron chi connectivity index (χ4n) is 5.41. The van der Waals surface area contributed by atoms with Gasteiger partial charge in [-0.3, -0.25) is 9.78 Å². The first-order valence-corrected chi connectivity index (χ1v) is 10.6. The molecule has 0 radical (unpaired) electrons. The zero-order valence-corrected chi connectivity index (χ0v) is 17.3. The van der Waals surface area contributed by atoms with E-state index in [4.69, 9.17) is 4.74 Å². The van der Waals surface area contributed by atoms with Crippen molar-refractivity contribution in [1.82, 2.24) is 14.8 Å². The van der Waals surface area contributed by atoms with Gasteiger partial charge < -0.3 is 14.5 Å². The summed E-state index contributed by atoms with van der Waals surface area (Å²) < 4.78 is 6.09. The van der Waals surface area contributed by atoms with Crippen molar-refractivity contribution >= 4 is 5.91 Å². The number of nitrogens with zero attached hydrogens (tertiary/aromatic N) is 3. The Balaban J connectivity index is 1.38. The summed E-state index contributed by atoms with van der Waals surface area (Å²) in [5.74, 6) is 0.837. The summed E-state index contributed by atoms with van der Waals surface area (Å²) in [5.41, 5.74) is 1.08. The molecule has 0 bridgehead atoms. The monoisotopic (exact) mass is 383 g/mol. The molecule has 0 aromatic carbocycles. The molecule has 0 N–H and O–H groups in total. The molecule has 1 aromatic heterocycles. The van der Waals surface area contributed by atoms with E-state index < -0.39 is 0 Å². The highest BCUT2D eigenvalue weighted by Crippen LogP contribution is 2.45. The Hall–Kier alpha value is -1.72. The molecule has 1 aromatic rings. The average Bonchev–Trinajstić information content (AvgIpc) is 3.26. The van der Waals surface area contributed by atoms with Gasteiger partial charge in [0.25, 0.3) is 0 Å². The minimum absolute atomic E-state index is 0.181. The van der Waals surface area contributed by atoms with E-state index in [1.165, 1.54) is 0 Å². The van der Waals surface area contributed by atoms with E-state index in [2.05, 4.69) is 47.0 Å². The quantitative estimate of drug-likeness (QED) is 0.733. The Labute approximate surface area is 168 Å². The Bertz CT molecular complexity index is 722. The number of aromatic nitrogens is 1. The SMILES string of the molecule is CN1C[C@@H](COCc2cccnc2)[C@]2(CCN(C(=O)C3(C)CC=CCC3)C2)C1. The van der Waals surface area contributed by atoms with Crippen molar-refractivity contribution in [3.8, 4) is 0 Å². The van der Waals surface area contributed by atoms with Crippen molar-refractivity contribution in [1.29, 1.82) is 0 Å². The second-order valence-corrected chi connectivity index (χ2v) is 9.38. The molecule has 1 amide bonds. The minimum atomic E-state index is -0.211. The van der Waals surface area contributed by atoms with Crippen molar-refractivity contribution in [2.24, 2.45) is 16.7 Å². The van der Waals surface area contributed by atoms with Crippen LogP contribution in [-0.2, 0) is 16.1 Å². The fraction of sp³-hybridized carbons (Fsp3) is 0.652. The molecule has 3 heterocycles. The topological polar surface area (TPSA) is 45.7 Å². The van der Waals surface area contributed by atoms with Gasteiger partial charge in [-0.15, -0.1) is 0 Å². The van der Waals surface area contributed by atoms with Crippen LogP contribution in [0, 0.1) is 16.7 Å². The summed E-state index contributed by atoms with van der Waals surface area (Å²) >= 11 is 0. The van der Waals surface area contributed by atoms with E-state index in [-0.39, 0.29) is 10.8 Å². The lowest BCUT2D eigenvalue weighted by atomic mass is 9.76. The highest BCUT2D eigenvalue weighted by Gasteiger charge is 2.52. The van der Waals surface area contributed by atoms with E-state index in [0.29, 0.717) is 18.4 Å². The molecule has 5 heteroatoms. The lowest BCUT2D eigenvalue weighted by Gasteiger charge is -2.35. The van der Waals surface area contributed by atoms with Crippen molar-refractivity contribution in [2.45, 2.75) is 39.2 Å². The Kier molecular flexibility index (Phi) is 5.57. The summed E-state index contributed by atoms with van der Waals surface area (Å²) in [6.07, 6.45) is 12.0. The number of hydrogen-bond donors (Lipinski definition) is 0. The largest absolute Gasteiger partial charge is 0.376 e. The third-order valence-electron chi connectivity index (χ3n) is 7.08. The number of rotatable bonds is 5. The van der Waals surface area contributed by atoms with Crippen LogP contribution in [0.4, 0.5) is 0 Å². The van der Waals surface area contributed by atoms with E-state index in [9.17, 15) is 4.79 Å². The number of allylic oxidation sites excluding steroid dienone is 2. The maximum Gasteiger partial charge on any atom is 0.228 e. The van der Waals surface area contributed by atoms with Gasteiger partial charge >= 0.3 is 0 Å². The molecule has 152 valence electrons. The lowest BCUT2D eigenvalue weighted by molar-refractivity contribution is -0.141. The molecule has 1 unspecified atom stereocenters. The molecule has 1 spiro atoms. The van der Waals surface area contributed by atoms with Crippen LogP contribution in [-0.4, -0.2) is 60.5 Å². The number of ether oxygens (including phenoxy) is 1. The van der Waals surface area contributed by atoms with Crippen molar-refractivity contribution in [2.75, 3.05) is 39.8 Å². The predicted octanol–water partition coefficient (Wildman–Crippen LogP) is 3.12. The van der Waals surface area contributed by atoms with E-state index in [1.54, 1.807) is 6.20 Å². The molecule has 5 nitrogen and oxygen atoms in total. The number of likely N-dealkylation sites (tertiary alicyclic amines) is 2. The molecular formula is C23H33N3O2. The van der Waals surface area contributed by atoms with Gasteiger partial charge in [0.05, 0.1) is 18.6 Å². The van der Waals surface area contributed by atoms with Gasteiger partial charge in [-0.05, 0) is 44.4 Å². The van der Waals surface area contributed by atoms with E-state index in [1.807, 2.05) is 12.3 Å². The zero-order valence-electron chi connectivity index (χ0n) is 17.3. The lowest BCUT2D eigenvalue weighted by Crippen LogP contribution is -2.44. The second kappa shape index (κ2) is 7.96. The van der Waals surface area contributed by atoms with Crippen LogP contribution in [0.5, 0.6) is 0 Å². The summed E-state index contributed by atoms with van der Waals surface area (Å²) in [6, 6.07) is 4.00. The summed E-state index contributed by atoms with van der Waals surface area (Å²) in [6.45, 7) is 7.41. The third-order valence-corrected chi connectivity index (χ3v) is 7.08. The molecule has 2 aliphatic heterocycles. The normalized spacial score (nSPS) is 33.1. The number of hydrogen-bond acceptors (Lipinski definition) is 4. The first kappa shape index (κ1) is 19.6. The van der Waals surface area contributed by atoms with E-state index in [0.717, 1.165) is 64.0 Å².